The molecule has 1 rings (SSSR count). The van der Waals surface area contributed by atoms with Gasteiger partial charge < -0.3 is 10.4 Å². The van der Waals surface area contributed by atoms with Gasteiger partial charge in [-0.15, -0.1) is 0 Å². The van der Waals surface area contributed by atoms with Crippen LogP contribution in [0.15, 0.2) is 12.3 Å². The number of hydrogen-bond acceptors (Lipinski definition) is 4. The van der Waals surface area contributed by atoms with Gasteiger partial charge in [-0.05, 0) is 19.4 Å². The molecule has 1 aromatic rings. The predicted molar refractivity (Wildman–Crippen MR) is 61.6 cm³/mol. The summed E-state index contributed by atoms with van der Waals surface area (Å²) in [6.07, 6.45) is -3.25. The molecule has 1 unspecified atom stereocenters. The third kappa shape index (κ3) is 3.80. The van der Waals surface area contributed by atoms with Crippen LogP contribution in [0, 0.1) is 5.41 Å². The number of nitrogens with one attached hydrogen (secondary N) is 1. The summed E-state index contributed by atoms with van der Waals surface area (Å²) in [6, 6.07) is 0.751. The third-order valence-electron chi connectivity index (χ3n) is 2.88. The maximum absolute atomic E-state index is 12.4. The lowest BCUT2D eigenvalue weighted by molar-refractivity contribution is -0.147. The summed E-state index contributed by atoms with van der Waals surface area (Å²) >= 11 is 0. The van der Waals surface area contributed by atoms with Crippen molar-refractivity contribution in [3.63, 3.8) is 0 Å². The molecule has 8 heteroatoms. The Labute approximate surface area is 107 Å². The number of carbonyl (C=O) groups is 1. The van der Waals surface area contributed by atoms with Crippen LogP contribution in [0.1, 0.15) is 26.0 Å². The molecule has 2 N–H and O–H groups in total. The van der Waals surface area contributed by atoms with Crippen LogP contribution >= 0.6 is 0 Å². The Morgan fingerprint density at radius 3 is 2.58 bits per heavy atom. The predicted octanol–water partition coefficient (Wildman–Crippen LogP) is 2.41. The van der Waals surface area contributed by atoms with Crippen molar-refractivity contribution in [3.05, 3.63) is 18.0 Å². The lowest BCUT2D eigenvalue weighted by Crippen LogP contribution is -2.34. The molecule has 0 fully saturated rings. The van der Waals surface area contributed by atoms with Crippen molar-refractivity contribution in [2.45, 2.75) is 26.4 Å². The van der Waals surface area contributed by atoms with Crippen LogP contribution in [0.5, 0.6) is 0 Å². The summed E-state index contributed by atoms with van der Waals surface area (Å²) in [7, 11) is 0. The molecule has 0 saturated heterocycles. The van der Waals surface area contributed by atoms with Gasteiger partial charge in [-0.3, -0.25) is 4.79 Å². The molecule has 1 atom stereocenters. The zero-order valence-electron chi connectivity index (χ0n) is 10.5. The van der Waals surface area contributed by atoms with Gasteiger partial charge in [0.05, 0.1) is 5.41 Å². The van der Waals surface area contributed by atoms with E-state index in [0.717, 1.165) is 12.3 Å². The summed E-state index contributed by atoms with van der Waals surface area (Å²) in [6.45, 7) is 3.12. The Hall–Kier alpha value is -1.86. The third-order valence-corrected chi connectivity index (χ3v) is 2.88. The van der Waals surface area contributed by atoms with E-state index >= 15 is 0 Å². The SMILES string of the molecule is CCC(C)(CNc1nccc(C(F)(F)F)n1)C(=O)O. The van der Waals surface area contributed by atoms with E-state index in [-0.39, 0.29) is 12.5 Å². The topological polar surface area (TPSA) is 75.1 Å². The highest BCUT2D eigenvalue weighted by molar-refractivity contribution is 5.74. The molecule has 1 heterocycles. The van der Waals surface area contributed by atoms with Gasteiger partial charge in [-0.1, -0.05) is 6.92 Å². The number of alkyl halides is 3. The molecule has 0 spiro atoms. The van der Waals surface area contributed by atoms with Crippen LogP contribution in [0.3, 0.4) is 0 Å². The quantitative estimate of drug-likeness (QED) is 0.864. The van der Waals surface area contributed by atoms with Crippen LogP contribution in [-0.4, -0.2) is 27.6 Å². The molecule has 0 aromatic carbocycles. The molecule has 106 valence electrons. The van der Waals surface area contributed by atoms with E-state index in [9.17, 15) is 18.0 Å². The number of rotatable bonds is 5. The smallest absolute Gasteiger partial charge is 0.433 e. The molecule has 19 heavy (non-hydrogen) atoms. The van der Waals surface area contributed by atoms with Crippen molar-refractivity contribution < 1.29 is 23.1 Å². The number of nitrogens with zero attached hydrogens (tertiary/aromatic N) is 2. The molecule has 0 bridgehead atoms. The van der Waals surface area contributed by atoms with Gasteiger partial charge in [0.15, 0.2) is 0 Å². The number of carboxylic acid groups (broad SMARTS) is 1. The summed E-state index contributed by atoms with van der Waals surface area (Å²) in [4.78, 5) is 18.0. The van der Waals surface area contributed by atoms with Gasteiger partial charge in [0.25, 0.3) is 0 Å². The first-order valence-corrected chi connectivity index (χ1v) is 5.56. The number of anilines is 1. The summed E-state index contributed by atoms with van der Waals surface area (Å²) in [5.74, 6) is -1.27. The van der Waals surface area contributed by atoms with Crippen LogP contribution in [0.4, 0.5) is 19.1 Å². The van der Waals surface area contributed by atoms with Crippen molar-refractivity contribution in [1.29, 1.82) is 0 Å². The normalized spacial score (nSPS) is 14.8. The Balaban J connectivity index is 2.82. The molecule has 0 aliphatic rings. The zero-order chi connectivity index (χ0) is 14.7. The van der Waals surface area contributed by atoms with Crippen molar-refractivity contribution >= 4 is 11.9 Å². The molecule has 0 aliphatic heterocycles. The summed E-state index contributed by atoms with van der Waals surface area (Å²) in [5.41, 5.74) is -2.16. The summed E-state index contributed by atoms with van der Waals surface area (Å²) in [5, 5.41) is 11.6. The first-order valence-electron chi connectivity index (χ1n) is 5.56. The first kappa shape index (κ1) is 15.2. The monoisotopic (exact) mass is 277 g/mol. The number of halogens is 3. The molecule has 5 nitrogen and oxygen atoms in total. The van der Waals surface area contributed by atoms with Crippen molar-refractivity contribution in [1.82, 2.24) is 9.97 Å². The van der Waals surface area contributed by atoms with E-state index in [0.29, 0.717) is 6.42 Å². The fraction of sp³-hybridized carbons (Fsp3) is 0.545. The first-order chi connectivity index (χ1) is 8.69. The molecular formula is C11H14F3N3O2. The van der Waals surface area contributed by atoms with E-state index in [4.69, 9.17) is 5.11 Å². The fourth-order valence-electron chi connectivity index (χ4n) is 1.23. The second kappa shape index (κ2) is 5.41. The average Bonchev–Trinajstić information content (AvgIpc) is 2.35. The fourth-order valence-corrected chi connectivity index (χ4v) is 1.23. The van der Waals surface area contributed by atoms with Gasteiger partial charge in [0.1, 0.15) is 5.69 Å². The number of carboxylic acids is 1. The van der Waals surface area contributed by atoms with Crippen molar-refractivity contribution in [3.8, 4) is 0 Å². The standard InChI is InChI=1S/C11H14F3N3O2/c1-3-10(2,8(18)19)6-16-9-15-5-4-7(17-9)11(12,13)14/h4-5H,3,6H2,1-2H3,(H,18,19)(H,15,16,17). The summed E-state index contributed by atoms with van der Waals surface area (Å²) < 4.78 is 37.3. The highest BCUT2D eigenvalue weighted by Gasteiger charge is 2.34. The van der Waals surface area contributed by atoms with Crippen LogP contribution < -0.4 is 5.32 Å². The maximum Gasteiger partial charge on any atom is 0.433 e. The van der Waals surface area contributed by atoms with Crippen molar-refractivity contribution in [2.75, 3.05) is 11.9 Å². The molecule has 0 aliphatic carbocycles. The van der Waals surface area contributed by atoms with Crippen LogP contribution in [0.2, 0.25) is 0 Å². The van der Waals surface area contributed by atoms with E-state index in [1.807, 2.05) is 0 Å². The van der Waals surface area contributed by atoms with Crippen molar-refractivity contribution in [2.24, 2.45) is 5.41 Å². The number of aromatic nitrogens is 2. The minimum absolute atomic E-state index is 0.0554. The Morgan fingerprint density at radius 1 is 1.47 bits per heavy atom. The largest absolute Gasteiger partial charge is 0.481 e. The minimum Gasteiger partial charge on any atom is -0.481 e. The second-order valence-corrected chi connectivity index (χ2v) is 4.34. The Morgan fingerprint density at radius 2 is 2.11 bits per heavy atom. The van der Waals surface area contributed by atoms with Crippen LogP contribution in [-0.2, 0) is 11.0 Å². The highest BCUT2D eigenvalue weighted by atomic mass is 19.4. The molecular weight excluding hydrogens is 263 g/mol. The van der Waals surface area contributed by atoms with Gasteiger partial charge >= 0.3 is 12.1 Å². The number of aliphatic carboxylic acids is 1. The number of hydrogen-bond donors (Lipinski definition) is 2. The van der Waals surface area contributed by atoms with Gasteiger partial charge in [0, 0.05) is 12.7 Å². The Kier molecular flexibility index (Phi) is 4.33. The molecule has 0 radical (unpaired) electrons. The van der Waals surface area contributed by atoms with Gasteiger partial charge in [-0.25, -0.2) is 9.97 Å². The lowest BCUT2D eigenvalue weighted by Gasteiger charge is -2.23. The highest BCUT2D eigenvalue weighted by Crippen LogP contribution is 2.28. The van der Waals surface area contributed by atoms with Gasteiger partial charge in [-0.2, -0.15) is 13.2 Å². The van der Waals surface area contributed by atoms with Gasteiger partial charge in [0.2, 0.25) is 5.95 Å². The molecule has 0 saturated carbocycles. The van der Waals surface area contributed by atoms with E-state index < -0.39 is 23.3 Å². The van der Waals surface area contributed by atoms with E-state index in [1.165, 1.54) is 6.92 Å². The zero-order valence-corrected chi connectivity index (χ0v) is 10.5. The van der Waals surface area contributed by atoms with Crippen LogP contribution in [0.25, 0.3) is 0 Å². The molecule has 0 amide bonds. The maximum atomic E-state index is 12.4. The minimum atomic E-state index is -4.56. The second-order valence-electron chi connectivity index (χ2n) is 4.34. The van der Waals surface area contributed by atoms with E-state index in [1.54, 1.807) is 6.92 Å². The van der Waals surface area contributed by atoms with E-state index in [2.05, 4.69) is 15.3 Å². The Bertz CT molecular complexity index is 465. The molecule has 1 aromatic heterocycles. The average molecular weight is 277 g/mol. The lowest BCUT2D eigenvalue weighted by atomic mass is 9.88.